The van der Waals surface area contributed by atoms with Crippen molar-refractivity contribution in [2.75, 3.05) is 11.9 Å². The summed E-state index contributed by atoms with van der Waals surface area (Å²) in [6.07, 6.45) is -6.79. The molecular formula is C17H16F3N5O5. The molecule has 10 nitrogen and oxygen atoms in total. The molecule has 2 unspecified atom stereocenters. The van der Waals surface area contributed by atoms with E-state index in [9.17, 15) is 28.5 Å². The largest absolute Gasteiger partial charge is 0.573 e. The van der Waals surface area contributed by atoms with E-state index in [0.29, 0.717) is 11.2 Å². The van der Waals surface area contributed by atoms with Gasteiger partial charge in [-0.05, 0) is 24.3 Å². The Morgan fingerprint density at radius 2 is 1.83 bits per heavy atom. The Labute approximate surface area is 166 Å². The van der Waals surface area contributed by atoms with E-state index in [0.717, 1.165) is 12.1 Å². The summed E-state index contributed by atoms with van der Waals surface area (Å²) in [6, 6.07) is 5.04. The van der Waals surface area contributed by atoms with Crippen molar-refractivity contribution >= 4 is 22.7 Å². The zero-order valence-electron chi connectivity index (χ0n) is 15.1. The van der Waals surface area contributed by atoms with Gasteiger partial charge in [0.2, 0.25) is 0 Å². The quantitative estimate of drug-likeness (QED) is 0.472. The highest BCUT2D eigenvalue weighted by Gasteiger charge is 2.44. The van der Waals surface area contributed by atoms with Crippen LogP contribution in [0.2, 0.25) is 0 Å². The summed E-state index contributed by atoms with van der Waals surface area (Å²) in [5.41, 5.74) is 0.997. The van der Waals surface area contributed by atoms with E-state index >= 15 is 0 Å². The normalized spacial score (nSPS) is 24.3. The summed E-state index contributed by atoms with van der Waals surface area (Å²) in [5, 5.41) is 32.3. The first-order valence-corrected chi connectivity index (χ1v) is 8.69. The minimum atomic E-state index is -4.78. The Morgan fingerprint density at radius 3 is 2.47 bits per heavy atom. The number of aliphatic hydroxyl groups is 3. The van der Waals surface area contributed by atoms with Crippen LogP contribution >= 0.6 is 0 Å². The number of halogens is 3. The smallest absolute Gasteiger partial charge is 0.406 e. The van der Waals surface area contributed by atoms with Crippen molar-refractivity contribution in [3.05, 3.63) is 36.9 Å². The number of hydrogen-bond donors (Lipinski definition) is 4. The van der Waals surface area contributed by atoms with Gasteiger partial charge < -0.3 is 30.1 Å². The SMILES string of the molecule is OC[C@H]1OC(n2cnc3c(Nc4ccc(OC(F)(F)F)cc4)ncnc32)C(O)[C@@H]1O. The highest BCUT2D eigenvalue weighted by atomic mass is 19.4. The second kappa shape index (κ2) is 7.68. The second-order valence-electron chi connectivity index (χ2n) is 6.47. The summed E-state index contributed by atoms with van der Waals surface area (Å²) in [4.78, 5) is 12.4. The summed E-state index contributed by atoms with van der Waals surface area (Å²) in [5.74, 6) is -0.107. The molecular weight excluding hydrogens is 411 g/mol. The Bertz CT molecular complexity index is 1030. The van der Waals surface area contributed by atoms with Crippen LogP contribution in [0.1, 0.15) is 6.23 Å². The topological polar surface area (TPSA) is 135 Å². The average molecular weight is 427 g/mol. The lowest BCUT2D eigenvalue weighted by atomic mass is 10.1. The van der Waals surface area contributed by atoms with Gasteiger partial charge in [0, 0.05) is 5.69 Å². The standard InChI is InChI=1S/C17H16F3N5O5/c18-17(19,20)30-9-3-1-8(2-4-9)24-14-11-15(22-6-21-14)25(7-23-11)16-13(28)12(27)10(5-26)29-16/h1-4,6-7,10,12-13,16,26-28H,5H2,(H,21,22,24)/t10-,12-,13?,16?/m1/s1. The molecule has 4 atom stereocenters. The number of fused-ring (bicyclic) bond motifs is 1. The lowest BCUT2D eigenvalue weighted by Crippen LogP contribution is -2.33. The first-order chi connectivity index (χ1) is 14.3. The highest BCUT2D eigenvalue weighted by Crippen LogP contribution is 2.33. The number of nitrogens with zero attached hydrogens (tertiary/aromatic N) is 4. The van der Waals surface area contributed by atoms with Crippen LogP contribution in [0.4, 0.5) is 24.7 Å². The summed E-state index contributed by atoms with van der Waals surface area (Å²) in [6.45, 7) is -0.475. The number of benzene rings is 1. The van der Waals surface area contributed by atoms with Crippen LogP contribution in [0.5, 0.6) is 5.75 Å². The third-order valence-electron chi connectivity index (χ3n) is 4.50. The van der Waals surface area contributed by atoms with Crippen molar-refractivity contribution in [2.45, 2.75) is 30.9 Å². The fraction of sp³-hybridized carbons (Fsp3) is 0.353. The van der Waals surface area contributed by atoms with E-state index in [2.05, 4.69) is 25.0 Å². The maximum Gasteiger partial charge on any atom is 0.573 e. The monoisotopic (exact) mass is 427 g/mol. The molecule has 0 saturated carbocycles. The fourth-order valence-electron chi connectivity index (χ4n) is 3.12. The number of rotatable bonds is 5. The number of aromatic nitrogens is 4. The van der Waals surface area contributed by atoms with Crippen LogP contribution in [0.3, 0.4) is 0 Å². The van der Waals surface area contributed by atoms with Gasteiger partial charge >= 0.3 is 6.36 Å². The van der Waals surface area contributed by atoms with Gasteiger partial charge in [-0.15, -0.1) is 13.2 Å². The number of aliphatic hydroxyl groups excluding tert-OH is 3. The van der Waals surface area contributed by atoms with Crippen molar-refractivity contribution in [1.82, 2.24) is 19.5 Å². The first-order valence-electron chi connectivity index (χ1n) is 8.69. The summed E-state index contributed by atoms with van der Waals surface area (Å²) in [7, 11) is 0. The van der Waals surface area contributed by atoms with Crippen molar-refractivity contribution in [1.29, 1.82) is 0 Å². The van der Waals surface area contributed by atoms with Gasteiger partial charge in [0.1, 0.15) is 30.4 Å². The zero-order valence-corrected chi connectivity index (χ0v) is 15.1. The number of hydrogen-bond acceptors (Lipinski definition) is 9. The number of nitrogens with one attached hydrogen (secondary N) is 1. The molecule has 3 aromatic rings. The Balaban J connectivity index is 1.58. The molecule has 2 aromatic heterocycles. The van der Waals surface area contributed by atoms with Gasteiger partial charge in [0.15, 0.2) is 23.2 Å². The Morgan fingerprint density at radius 1 is 1.10 bits per heavy atom. The molecule has 3 heterocycles. The number of alkyl halides is 3. The van der Waals surface area contributed by atoms with Gasteiger partial charge in [0.25, 0.3) is 0 Å². The molecule has 0 spiro atoms. The predicted octanol–water partition coefficient (Wildman–Crippen LogP) is 1.08. The van der Waals surface area contributed by atoms with Crippen LogP contribution < -0.4 is 10.1 Å². The molecule has 1 aromatic carbocycles. The lowest BCUT2D eigenvalue weighted by molar-refractivity contribution is -0.274. The molecule has 0 radical (unpaired) electrons. The third-order valence-corrected chi connectivity index (χ3v) is 4.50. The fourth-order valence-corrected chi connectivity index (χ4v) is 3.12. The summed E-state index contributed by atoms with van der Waals surface area (Å²) >= 11 is 0. The zero-order chi connectivity index (χ0) is 21.5. The Kier molecular flexibility index (Phi) is 5.19. The van der Waals surface area contributed by atoms with E-state index < -0.39 is 37.5 Å². The van der Waals surface area contributed by atoms with E-state index in [1.807, 2.05) is 0 Å². The molecule has 1 saturated heterocycles. The van der Waals surface area contributed by atoms with Gasteiger partial charge in [0.05, 0.1) is 12.9 Å². The number of imidazole rings is 1. The molecule has 1 fully saturated rings. The van der Waals surface area contributed by atoms with Gasteiger partial charge in [-0.1, -0.05) is 0 Å². The number of ether oxygens (including phenoxy) is 2. The van der Waals surface area contributed by atoms with E-state index in [1.165, 1.54) is 29.4 Å². The second-order valence-corrected chi connectivity index (χ2v) is 6.47. The van der Waals surface area contributed by atoms with E-state index in [-0.39, 0.29) is 17.2 Å². The molecule has 0 aliphatic carbocycles. The van der Waals surface area contributed by atoms with Crippen molar-refractivity contribution < 1.29 is 38.0 Å². The minimum absolute atomic E-state index is 0.259. The van der Waals surface area contributed by atoms with Crippen LogP contribution in [-0.4, -0.2) is 66.1 Å². The molecule has 1 aliphatic heterocycles. The molecule has 0 amide bonds. The molecule has 4 rings (SSSR count). The molecule has 30 heavy (non-hydrogen) atoms. The third kappa shape index (κ3) is 3.87. The van der Waals surface area contributed by atoms with Gasteiger partial charge in [-0.2, -0.15) is 0 Å². The molecule has 160 valence electrons. The van der Waals surface area contributed by atoms with Crippen molar-refractivity contribution in [2.24, 2.45) is 0 Å². The molecule has 13 heteroatoms. The number of anilines is 2. The average Bonchev–Trinajstić information content (AvgIpc) is 3.24. The summed E-state index contributed by atoms with van der Waals surface area (Å²) < 4.78 is 47.5. The lowest BCUT2D eigenvalue weighted by Gasteiger charge is -2.16. The first kappa shape index (κ1) is 20.3. The van der Waals surface area contributed by atoms with Gasteiger partial charge in [-0.25, -0.2) is 15.0 Å². The van der Waals surface area contributed by atoms with E-state index in [1.54, 1.807) is 0 Å². The molecule has 0 bridgehead atoms. The van der Waals surface area contributed by atoms with Crippen LogP contribution in [-0.2, 0) is 4.74 Å². The maximum absolute atomic E-state index is 12.3. The minimum Gasteiger partial charge on any atom is -0.406 e. The van der Waals surface area contributed by atoms with Crippen LogP contribution in [0.15, 0.2) is 36.9 Å². The van der Waals surface area contributed by atoms with E-state index in [4.69, 9.17) is 4.74 Å². The van der Waals surface area contributed by atoms with Crippen molar-refractivity contribution in [3.8, 4) is 5.75 Å². The molecule has 1 aliphatic rings. The van der Waals surface area contributed by atoms with Crippen LogP contribution in [0, 0.1) is 0 Å². The van der Waals surface area contributed by atoms with Crippen LogP contribution in [0.25, 0.3) is 11.2 Å². The Hall–Kier alpha value is -3.00. The van der Waals surface area contributed by atoms with Gasteiger partial charge in [-0.3, -0.25) is 4.57 Å². The highest BCUT2D eigenvalue weighted by molar-refractivity contribution is 5.85. The predicted molar refractivity (Wildman–Crippen MR) is 94.7 cm³/mol. The van der Waals surface area contributed by atoms with Crippen molar-refractivity contribution in [3.63, 3.8) is 0 Å². The maximum atomic E-state index is 12.3. The molecule has 4 N–H and O–H groups in total.